The standard InChI is InChI=1S/C22H18BrN3O3S/c1-12(2)18(26-20(28)15-5-3-4-6-16(15)21(26)29)19(27)25-22-24-17(11-30-22)13-7-9-14(23)10-8-13/h3-12,18H,1-2H3,(H,24,25,27). The van der Waals surface area contributed by atoms with Crippen molar-refractivity contribution >= 4 is 50.1 Å². The lowest BCUT2D eigenvalue weighted by molar-refractivity contribution is -0.121. The monoisotopic (exact) mass is 483 g/mol. The fraction of sp³-hybridized carbons (Fsp3) is 0.182. The SMILES string of the molecule is CC(C)C(C(=O)Nc1nc(-c2ccc(Br)cc2)cs1)N1C(=O)c2ccccc2C1=O. The highest BCUT2D eigenvalue weighted by Crippen LogP contribution is 2.29. The van der Waals surface area contributed by atoms with Crippen LogP contribution in [-0.4, -0.2) is 33.6 Å². The van der Waals surface area contributed by atoms with Crippen LogP contribution in [0.1, 0.15) is 34.6 Å². The first-order valence-corrected chi connectivity index (χ1v) is 11.0. The Morgan fingerprint density at radius 1 is 1.03 bits per heavy atom. The molecule has 2 aromatic carbocycles. The van der Waals surface area contributed by atoms with Gasteiger partial charge in [-0.1, -0.05) is 54.0 Å². The zero-order chi connectivity index (χ0) is 21.4. The number of amides is 3. The maximum absolute atomic E-state index is 13.1. The number of carbonyl (C=O) groups excluding carboxylic acids is 3. The lowest BCUT2D eigenvalue weighted by Gasteiger charge is -2.27. The molecule has 0 radical (unpaired) electrons. The average Bonchev–Trinajstić information content (AvgIpc) is 3.28. The van der Waals surface area contributed by atoms with Gasteiger partial charge in [-0.15, -0.1) is 11.3 Å². The first kappa shape index (κ1) is 20.4. The highest BCUT2D eigenvalue weighted by atomic mass is 79.9. The third-order valence-electron chi connectivity index (χ3n) is 4.88. The summed E-state index contributed by atoms with van der Waals surface area (Å²) >= 11 is 4.70. The average molecular weight is 484 g/mol. The fourth-order valence-electron chi connectivity index (χ4n) is 3.44. The molecule has 152 valence electrons. The summed E-state index contributed by atoms with van der Waals surface area (Å²) in [5.74, 6) is -1.59. The number of thiazole rings is 1. The Hall–Kier alpha value is -2.84. The van der Waals surface area contributed by atoms with Crippen molar-refractivity contribution in [3.05, 3.63) is 69.5 Å². The van der Waals surface area contributed by atoms with Crippen molar-refractivity contribution in [2.75, 3.05) is 5.32 Å². The van der Waals surface area contributed by atoms with Crippen LogP contribution in [0, 0.1) is 5.92 Å². The Balaban J connectivity index is 1.56. The van der Waals surface area contributed by atoms with Crippen molar-refractivity contribution in [3.63, 3.8) is 0 Å². The normalized spacial score (nSPS) is 14.2. The van der Waals surface area contributed by atoms with Crippen LogP contribution in [0.25, 0.3) is 11.3 Å². The quantitative estimate of drug-likeness (QED) is 0.526. The van der Waals surface area contributed by atoms with Crippen LogP contribution in [0.3, 0.4) is 0 Å². The highest BCUT2D eigenvalue weighted by Gasteiger charge is 2.44. The van der Waals surface area contributed by atoms with E-state index in [0.717, 1.165) is 20.6 Å². The lowest BCUT2D eigenvalue weighted by Crippen LogP contribution is -2.50. The highest BCUT2D eigenvalue weighted by molar-refractivity contribution is 9.10. The van der Waals surface area contributed by atoms with Crippen LogP contribution in [0.2, 0.25) is 0 Å². The van der Waals surface area contributed by atoms with Crippen molar-refractivity contribution in [2.24, 2.45) is 5.92 Å². The maximum Gasteiger partial charge on any atom is 0.262 e. The van der Waals surface area contributed by atoms with Crippen molar-refractivity contribution in [1.82, 2.24) is 9.88 Å². The van der Waals surface area contributed by atoms with Gasteiger partial charge in [-0.2, -0.15) is 0 Å². The van der Waals surface area contributed by atoms with E-state index < -0.39 is 23.8 Å². The number of rotatable bonds is 5. The number of benzene rings is 2. The molecule has 0 fully saturated rings. The molecule has 0 saturated carbocycles. The number of aromatic nitrogens is 1. The summed E-state index contributed by atoms with van der Waals surface area (Å²) in [7, 11) is 0. The first-order chi connectivity index (χ1) is 14.4. The molecule has 30 heavy (non-hydrogen) atoms. The minimum atomic E-state index is -0.933. The zero-order valence-corrected chi connectivity index (χ0v) is 18.7. The van der Waals surface area contributed by atoms with Gasteiger partial charge >= 0.3 is 0 Å². The van der Waals surface area contributed by atoms with Gasteiger partial charge in [-0.05, 0) is 30.2 Å². The predicted octanol–water partition coefficient (Wildman–Crippen LogP) is 4.83. The largest absolute Gasteiger partial charge is 0.300 e. The van der Waals surface area contributed by atoms with Gasteiger partial charge in [-0.3, -0.25) is 19.3 Å². The second-order valence-corrected chi connectivity index (χ2v) is 9.02. The van der Waals surface area contributed by atoms with Crippen molar-refractivity contribution in [3.8, 4) is 11.3 Å². The van der Waals surface area contributed by atoms with Gasteiger partial charge in [0.2, 0.25) is 5.91 Å². The molecule has 3 amide bonds. The van der Waals surface area contributed by atoms with E-state index in [1.165, 1.54) is 11.3 Å². The summed E-state index contributed by atoms with van der Waals surface area (Å²) in [4.78, 5) is 44.3. The molecule has 1 N–H and O–H groups in total. The van der Waals surface area contributed by atoms with E-state index in [1.54, 1.807) is 24.3 Å². The second-order valence-electron chi connectivity index (χ2n) is 7.25. The first-order valence-electron chi connectivity index (χ1n) is 9.36. The summed E-state index contributed by atoms with van der Waals surface area (Å²) in [6, 6.07) is 13.4. The molecule has 0 aliphatic carbocycles. The number of hydrogen-bond acceptors (Lipinski definition) is 5. The Morgan fingerprint density at radius 2 is 1.63 bits per heavy atom. The Morgan fingerprint density at radius 3 is 2.20 bits per heavy atom. The van der Waals surface area contributed by atoms with Gasteiger partial charge in [0.25, 0.3) is 11.8 Å². The van der Waals surface area contributed by atoms with Crippen molar-refractivity contribution < 1.29 is 14.4 Å². The molecule has 0 saturated heterocycles. The molecule has 4 rings (SSSR count). The van der Waals surface area contributed by atoms with E-state index >= 15 is 0 Å². The molecule has 8 heteroatoms. The van der Waals surface area contributed by atoms with Crippen LogP contribution in [0.5, 0.6) is 0 Å². The van der Waals surface area contributed by atoms with Crippen LogP contribution in [0.15, 0.2) is 58.4 Å². The number of anilines is 1. The number of imide groups is 1. The van der Waals surface area contributed by atoms with E-state index in [9.17, 15) is 14.4 Å². The lowest BCUT2D eigenvalue weighted by atomic mass is 10.0. The van der Waals surface area contributed by atoms with Crippen LogP contribution in [0.4, 0.5) is 5.13 Å². The van der Waals surface area contributed by atoms with Gasteiger partial charge in [0.1, 0.15) is 6.04 Å². The van der Waals surface area contributed by atoms with E-state index in [1.807, 2.05) is 43.5 Å². The van der Waals surface area contributed by atoms with Crippen molar-refractivity contribution in [2.45, 2.75) is 19.9 Å². The zero-order valence-electron chi connectivity index (χ0n) is 16.3. The summed E-state index contributed by atoms with van der Waals surface area (Å²) < 4.78 is 0.968. The molecular weight excluding hydrogens is 466 g/mol. The van der Waals surface area contributed by atoms with E-state index in [4.69, 9.17) is 0 Å². The number of nitrogens with one attached hydrogen (secondary N) is 1. The molecule has 2 heterocycles. The fourth-order valence-corrected chi connectivity index (χ4v) is 4.43. The molecule has 1 aromatic heterocycles. The second kappa shape index (κ2) is 8.12. The van der Waals surface area contributed by atoms with Crippen LogP contribution >= 0.6 is 27.3 Å². The third-order valence-corrected chi connectivity index (χ3v) is 6.16. The smallest absolute Gasteiger partial charge is 0.262 e. The topological polar surface area (TPSA) is 79.4 Å². The van der Waals surface area contributed by atoms with Gasteiger partial charge in [0.15, 0.2) is 5.13 Å². The molecule has 1 aliphatic rings. The molecule has 1 atom stereocenters. The van der Waals surface area contributed by atoms with Gasteiger partial charge < -0.3 is 5.32 Å². The minimum absolute atomic E-state index is 0.266. The third kappa shape index (κ3) is 3.68. The summed E-state index contributed by atoms with van der Waals surface area (Å²) in [6.45, 7) is 3.62. The number of fused-ring (bicyclic) bond motifs is 1. The summed E-state index contributed by atoms with van der Waals surface area (Å²) in [6.07, 6.45) is 0. The molecule has 0 spiro atoms. The van der Waals surface area contributed by atoms with E-state index in [2.05, 4.69) is 26.2 Å². The molecule has 1 aliphatic heterocycles. The number of carbonyl (C=O) groups is 3. The Bertz CT molecular complexity index is 1110. The Kier molecular flexibility index (Phi) is 5.53. The number of hydrogen-bond donors (Lipinski definition) is 1. The van der Waals surface area contributed by atoms with Gasteiger partial charge in [0.05, 0.1) is 16.8 Å². The summed E-state index contributed by atoms with van der Waals surface area (Å²) in [5, 5.41) is 5.05. The predicted molar refractivity (Wildman–Crippen MR) is 119 cm³/mol. The van der Waals surface area contributed by atoms with Crippen LogP contribution < -0.4 is 5.32 Å². The minimum Gasteiger partial charge on any atom is -0.300 e. The summed E-state index contributed by atoms with van der Waals surface area (Å²) in [5.41, 5.74) is 2.32. The molecule has 6 nitrogen and oxygen atoms in total. The number of nitrogens with zero attached hydrogens (tertiary/aromatic N) is 2. The van der Waals surface area contributed by atoms with Crippen LogP contribution in [-0.2, 0) is 4.79 Å². The molecule has 0 bridgehead atoms. The Labute approximate surface area is 186 Å². The van der Waals surface area contributed by atoms with Gasteiger partial charge in [-0.25, -0.2) is 4.98 Å². The molecule has 3 aromatic rings. The van der Waals surface area contributed by atoms with Crippen molar-refractivity contribution in [1.29, 1.82) is 0 Å². The van der Waals surface area contributed by atoms with E-state index in [0.29, 0.717) is 16.3 Å². The molecular formula is C22H18BrN3O3S. The van der Waals surface area contributed by atoms with E-state index in [-0.39, 0.29) is 5.92 Å². The maximum atomic E-state index is 13.1. The molecule has 1 unspecified atom stereocenters. The number of halogens is 1. The van der Waals surface area contributed by atoms with Gasteiger partial charge in [0, 0.05) is 15.4 Å².